The molecular formula is C29H24FN7O. The van der Waals surface area contributed by atoms with Crippen molar-refractivity contribution < 1.29 is 9.18 Å². The van der Waals surface area contributed by atoms with Crippen molar-refractivity contribution in [2.45, 2.75) is 25.4 Å². The van der Waals surface area contributed by atoms with Crippen molar-refractivity contribution in [2.75, 3.05) is 17.3 Å². The monoisotopic (exact) mass is 505 g/mol. The fourth-order valence-electron chi connectivity index (χ4n) is 5.27. The molecule has 4 heterocycles. The van der Waals surface area contributed by atoms with Gasteiger partial charge in [0.1, 0.15) is 17.2 Å². The van der Waals surface area contributed by atoms with E-state index < -0.39 is 0 Å². The molecule has 38 heavy (non-hydrogen) atoms. The van der Waals surface area contributed by atoms with Gasteiger partial charge in [0.05, 0.1) is 24.5 Å². The number of para-hydroxylation sites is 1. The topological polar surface area (TPSA) is 78.7 Å². The first kappa shape index (κ1) is 22.4. The number of benzene rings is 2. The Morgan fingerprint density at radius 2 is 1.87 bits per heavy atom. The Labute approximate surface area is 218 Å². The highest BCUT2D eigenvalue weighted by atomic mass is 19.1. The third kappa shape index (κ3) is 3.58. The first-order valence-electron chi connectivity index (χ1n) is 12.6. The Kier molecular flexibility index (Phi) is 5.10. The van der Waals surface area contributed by atoms with Crippen LogP contribution in [0.5, 0.6) is 0 Å². The van der Waals surface area contributed by atoms with Crippen LogP contribution >= 0.6 is 0 Å². The van der Waals surface area contributed by atoms with Crippen molar-refractivity contribution in [3.05, 3.63) is 102 Å². The largest absolute Gasteiger partial charge is 0.340 e. The van der Waals surface area contributed by atoms with E-state index in [9.17, 15) is 9.18 Å². The Morgan fingerprint density at radius 3 is 2.63 bits per heavy atom. The molecule has 1 atom stereocenters. The lowest BCUT2D eigenvalue weighted by Crippen LogP contribution is -2.47. The number of aliphatic imine (C=N–C) groups is 1. The summed E-state index contributed by atoms with van der Waals surface area (Å²) in [5, 5.41) is 8.43. The minimum absolute atomic E-state index is 0.0643. The zero-order valence-corrected chi connectivity index (χ0v) is 20.7. The van der Waals surface area contributed by atoms with Gasteiger partial charge < -0.3 is 5.32 Å². The van der Waals surface area contributed by atoms with Crippen molar-refractivity contribution in [3.8, 4) is 11.3 Å². The van der Waals surface area contributed by atoms with Gasteiger partial charge in [-0.05, 0) is 42.7 Å². The van der Waals surface area contributed by atoms with Gasteiger partial charge >= 0.3 is 0 Å². The molecule has 0 bridgehead atoms. The summed E-state index contributed by atoms with van der Waals surface area (Å²) < 4.78 is 15.1. The molecule has 2 aromatic carbocycles. The Balaban J connectivity index is 1.30. The third-order valence-electron chi connectivity index (χ3n) is 7.17. The number of carbonyl (C=O) groups excluding carboxylic acids is 1. The van der Waals surface area contributed by atoms with E-state index in [2.05, 4.69) is 16.4 Å². The maximum absolute atomic E-state index is 13.7. The number of fused-ring (bicyclic) bond motifs is 5. The summed E-state index contributed by atoms with van der Waals surface area (Å²) in [6.07, 6.45) is 5.32. The highest BCUT2D eigenvalue weighted by Gasteiger charge is 2.46. The molecule has 0 unspecified atom stereocenters. The maximum Gasteiger partial charge on any atom is 0.267 e. The van der Waals surface area contributed by atoms with Gasteiger partial charge in [0.15, 0.2) is 5.82 Å². The fourth-order valence-corrected chi connectivity index (χ4v) is 5.27. The number of halogens is 1. The molecule has 1 aliphatic carbocycles. The summed E-state index contributed by atoms with van der Waals surface area (Å²) in [6, 6.07) is 20.8. The molecule has 0 radical (unpaired) electrons. The number of aromatic nitrogens is 3. The van der Waals surface area contributed by atoms with Crippen molar-refractivity contribution in [1.82, 2.24) is 19.7 Å². The molecule has 8 nitrogen and oxygen atoms in total. The number of allylic oxidation sites excluding steroid dienone is 1. The number of rotatable bonds is 5. The summed E-state index contributed by atoms with van der Waals surface area (Å²) in [4.78, 5) is 26.3. The van der Waals surface area contributed by atoms with Crippen LogP contribution < -0.4 is 10.2 Å². The Bertz CT molecular complexity index is 1610. The van der Waals surface area contributed by atoms with Crippen molar-refractivity contribution >= 4 is 29.2 Å². The van der Waals surface area contributed by atoms with Crippen molar-refractivity contribution in [2.24, 2.45) is 4.99 Å². The van der Waals surface area contributed by atoms with E-state index in [1.54, 1.807) is 18.0 Å². The van der Waals surface area contributed by atoms with Gasteiger partial charge in [-0.2, -0.15) is 5.10 Å². The second kappa shape index (κ2) is 8.65. The first-order chi connectivity index (χ1) is 18.6. The minimum Gasteiger partial charge on any atom is -0.340 e. The van der Waals surface area contributed by atoms with E-state index in [0.717, 1.165) is 35.4 Å². The lowest BCUT2D eigenvalue weighted by atomic mass is 10.1. The molecule has 188 valence electrons. The van der Waals surface area contributed by atoms with E-state index in [0.29, 0.717) is 35.4 Å². The molecule has 0 saturated carbocycles. The molecule has 1 N–H and O–H groups in total. The summed E-state index contributed by atoms with van der Waals surface area (Å²) in [6.45, 7) is 0.444. The summed E-state index contributed by atoms with van der Waals surface area (Å²) in [5.74, 6) is 1.36. The zero-order valence-electron chi connectivity index (χ0n) is 20.7. The van der Waals surface area contributed by atoms with E-state index in [1.165, 1.54) is 12.3 Å². The van der Waals surface area contributed by atoms with Crippen LogP contribution in [-0.2, 0) is 6.54 Å². The number of anilines is 3. The number of carbonyl (C=O) groups is 1. The van der Waals surface area contributed by atoms with Crippen LogP contribution in [0, 0.1) is 5.82 Å². The smallest absolute Gasteiger partial charge is 0.267 e. The molecule has 0 fully saturated rings. The van der Waals surface area contributed by atoms with Gasteiger partial charge in [0.2, 0.25) is 5.96 Å². The predicted octanol–water partition coefficient (Wildman–Crippen LogP) is 5.18. The first-order valence-corrected chi connectivity index (χ1v) is 12.6. The van der Waals surface area contributed by atoms with Gasteiger partial charge in [0, 0.05) is 24.0 Å². The minimum atomic E-state index is -0.363. The molecule has 4 aromatic rings. The quantitative estimate of drug-likeness (QED) is 0.404. The number of hydrogen-bond acceptors (Lipinski definition) is 6. The third-order valence-corrected chi connectivity index (χ3v) is 7.17. The fraction of sp³-hybridized carbons (Fsp3) is 0.172. The van der Waals surface area contributed by atoms with E-state index in [4.69, 9.17) is 10.1 Å². The van der Waals surface area contributed by atoms with Gasteiger partial charge in [-0.25, -0.2) is 14.1 Å². The summed E-state index contributed by atoms with van der Waals surface area (Å²) in [5.41, 5.74) is 5.07. The molecule has 3 aliphatic rings. The standard InChI is InChI=1S/C29H24FN7O/c1-35-28(38)25-26(32-21-6-3-2-4-7-21)36(34-27(25)37-24-9-5-8-23(24)33-29(35)37)17-18-10-12-19(13-11-18)22-15-14-20(30)16-31-22/h2-4,6-7,9-16,23,32H,5,8,17H2,1H3/t23-/m1/s1. The predicted molar refractivity (Wildman–Crippen MR) is 144 cm³/mol. The van der Waals surface area contributed by atoms with E-state index in [1.807, 2.05) is 64.2 Å². The highest BCUT2D eigenvalue weighted by Crippen LogP contribution is 2.43. The molecular weight excluding hydrogens is 481 g/mol. The number of nitrogens with zero attached hydrogens (tertiary/aromatic N) is 6. The van der Waals surface area contributed by atoms with Crippen LogP contribution in [0.25, 0.3) is 11.3 Å². The van der Waals surface area contributed by atoms with Gasteiger partial charge in [-0.1, -0.05) is 48.5 Å². The highest BCUT2D eigenvalue weighted by molar-refractivity contribution is 6.22. The molecule has 1 amide bonds. The maximum atomic E-state index is 13.7. The molecule has 2 aliphatic heterocycles. The van der Waals surface area contributed by atoms with Crippen molar-refractivity contribution in [1.29, 1.82) is 0 Å². The lowest BCUT2D eigenvalue weighted by Gasteiger charge is -2.31. The second-order valence-corrected chi connectivity index (χ2v) is 9.61. The summed E-state index contributed by atoms with van der Waals surface area (Å²) >= 11 is 0. The summed E-state index contributed by atoms with van der Waals surface area (Å²) in [7, 11) is 1.77. The van der Waals surface area contributed by atoms with Crippen LogP contribution in [-0.4, -0.2) is 44.6 Å². The normalized spacial score (nSPS) is 17.6. The van der Waals surface area contributed by atoms with E-state index in [-0.39, 0.29) is 17.8 Å². The molecule has 2 aromatic heterocycles. The van der Waals surface area contributed by atoms with Crippen LogP contribution in [0.1, 0.15) is 28.8 Å². The number of hydrogen-bond donors (Lipinski definition) is 1. The van der Waals surface area contributed by atoms with Gasteiger partial charge in [-0.15, -0.1) is 0 Å². The Hall–Kier alpha value is -4.79. The molecule has 0 saturated heterocycles. The van der Waals surface area contributed by atoms with E-state index >= 15 is 0 Å². The SMILES string of the molecule is CN1C(=O)c2c(nn(Cc3ccc(-c4ccc(F)cn4)cc3)c2Nc2ccccc2)N2C3=CCC[C@H]3N=C12. The average Bonchev–Trinajstić information content (AvgIpc) is 3.63. The van der Waals surface area contributed by atoms with Crippen LogP contribution in [0.4, 0.5) is 21.7 Å². The second-order valence-electron chi connectivity index (χ2n) is 9.61. The molecule has 7 rings (SSSR count). The van der Waals surface area contributed by atoms with Gasteiger partial charge in [0.25, 0.3) is 5.91 Å². The Morgan fingerprint density at radius 1 is 1.05 bits per heavy atom. The van der Waals surface area contributed by atoms with Crippen LogP contribution in [0.2, 0.25) is 0 Å². The molecule has 9 heteroatoms. The van der Waals surface area contributed by atoms with Crippen LogP contribution in [0.3, 0.4) is 0 Å². The number of amides is 1. The zero-order chi connectivity index (χ0) is 25.8. The van der Waals surface area contributed by atoms with Gasteiger partial charge in [-0.3, -0.25) is 19.6 Å². The molecule has 0 spiro atoms. The number of nitrogens with one attached hydrogen (secondary N) is 1. The number of guanidine groups is 1. The number of pyridine rings is 1. The lowest BCUT2D eigenvalue weighted by molar-refractivity contribution is 0.0867. The van der Waals surface area contributed by atoms with Crippen molar-refractivity contribution in [3.63, 3.8) is 0 Å². The van der Waals surface area contributed by atoms with Crippen LogP contribution in [0.15, 0.2) is 89.7 Å². The average molecular weight is 506 g/mol.